The van der Waals surface area contributed by atoms with E-state index in [0.29, 0.717) is 30.2 Å². The van der Waals surface area contributed by atoms with E-state index in [1.165, 1.54) is 39.2 Å². The summed E-state index contributed by atoms with van der Waals surface area (Å²) >= 11 is 0. The lowest BCUT2D eigenvalue weighted by Gasteiger charge is -2.38. The summed E-state index contributed by atoms with van der Waals surface area (Å²) in [5, 5.41) is 2.78. The highest BCUT2D eigenvalue weighted by Gasteiger charge is 2.29. The van der Waals surface area contributed by atoms with Gasteiger partial charge in [-0.05, 0) is 49.8 Å². The molecule has 1 saturated carbocycles. The predicted octanol–water partition coefficient (Wildman–Crippen LogP) is 3.66. The number of fused-ring (bicyclic) bond motifs is 1. The molecule has 1 heterocycles. The number of carbonyl (C=O) groups is 2. The van der Waals surface area contributed by atoms with Crippen LogP contribution in [0.4, 0.5) is 5.69 Å². The van der Waals surface area contributed by atoms with Crippen molar-refractivity contribution in [3.63, 3.8) is 0 Å². The molecule has 3 rings (SSSR count). The van der Waals surface area contributed by atoms with Crippen LogP contribution in [-0.4, -0.2) is 87.9 Å². The van der Waals surface area contributed by atoms with Crippen molar-refractivity contribution in [2.75, 3.05) is 59.4 Å². The van der Waals surface area contributed by atoms with Crippen LogP contribution in [0.3, 0.4) is 0 Å². The molecule has 1 fully saturated rings. The Bertz CT molecular complexity index is 842. The van der Waals surface area contributed by atoms with Crippen LogP contribution >= 0.6 is 0 Å². The Kier molecular flexibility index (Phi) is 10.4. The number of methoxy groups -OCH3 is 2. The van der Waals surface area contributed by atoms with Gasteiger partial charge in [0.2, 0.25) is 5.91 Å². The van der Waals surface area contributed by atoms with E-state index < -0.39 is 0 Å². The molecule has 0 radical (unpaired) electrons. The Morgan fingerprint density at radius 3 is 2.57 bits per heavy atom. The zero-order chi connectivity index (χ0) is 25.4. The number of likely N-dealkylation sites (N-methyl/N-ethyl adjacent to an activating group) is 1. The summed E-state index contributed by atoms with van der Waals surface area (Å²) in [6, 6.07) is 5.40. The number of anilines is 1. The second-order valence-electron chi connectivity index (χ2n) is 10.2. The maximum atomic E-state index is 13.4. The minimum absolute atomic E-state index is 0.0524. The fourth-order valence-corrected chi connectivity index (χ4v) is 5.21. The van der Waals surface area contributed by atoms with Gasteiger partial charge < -0.3 is 24.4 Å². The Morgan fingerprint density at radius 2 is 1.89 bits per heavy atom. The molecule has 1 aliphatic carbocycles. The van der Waals surface area contributed by atoms with Crippen molar-refractivity contribution < 1.29 is 23.8 Å². The summed E-state index contributed by atoms with van der Waals surface area (Å²) in [4.78, 5) is 29.7. The van der Waals surface area contributed by atoms with Crippen molar-refractivity contribution in [2.45, 2.75) is 58.1 Å². The molecule has 0 bridgehead atoms. The number of amides is 2. The Labute approximate surface area is 210 Å². The molecule has 1 aromatic rings. The van der Waals surface area contributed by atoms with Crippen LogP contribution in [0.25, 0.3) is 0 Å². The fourth-order valence-electron chi connectivity index (χ4n) is 5.21. The van der Waals surface area contributed by atoms with Crippen LogP contribution in [0.15, 0.2) is 18.2 Å². The molecule has 1 aromatic carbocycles. The molecule has 1 aliphatic heterocycles. The second kappa shape index (κ2) is 13.2. The quantitative estimate of drug-likeness (QED) is 0.657. The normalized spacial score (nSPS) is 25.2. The Hall–Kier alpha value is -2.16. The minimum Gasteiger partial charge on any atom is -0.491 e. The van der Waals surface area contributed by atoms with E-state index in [9.17, 15) is 9.59 Å². The SMILES string of the molecule is COCC(=O)Nc1ccc2c(c1)C(=O)N(C)C[C@H](OC)[C@H](C)CN(CC1CCCCC1)[C@H](C)CO2. The number of nitrogens with zero attached hydrogens (tertiary/aromatic N) is 2. The summed E-state index contributed by atoms with van der Waals surface area (Å²) in [7, 11) is 4.98. The molecule has 1 N–H and O–H groups in total. The Balaban J connectivity index is 1.87. The van der Waals surface area contributed by atoms with Gasteiger partial charge in [0, 0.05) is 52.6 Å². The van der Waals surface area contributed by atoms with Crippen LogP contribution in [-0.2, 0) is 14.3 Å². The maximum Gasteiger partial charge on any atom is 0.257 e. The molecule has 196 valence electrons. The molecule has 0 saturated heterocycles. The number of benzene rings is 1. The lowest BCUT2D eigenvalue weighted by molar-refractivity contribution is -0.119. The molecule has 35 heavy (non-hydrogen) atoms. The first-order valence-corrected chi connectivity index (χ1v) is 12.9. The zero-order valence-corrected chi connectivity index (χ0v) is 22.0. The van der Waals surface area contributed by atoms with E-state index in [-0.39, 0.29) is 36.5 Å². The van der Waals surface area contributed by atoms with Gasteiger partial charge in [0.1, 0.15) is 19.0 Å². The monoisotopic (exact) mass is 489 g/mol. The highest BCUT2D eigenvalue weighted by Crippen LogP contribution is 2.28. The van der Waals surface area contributed by atoms with Gasteiger partial charge in [-0.3, -0.25) is 14.5 Å². The van der Waals surface area contributed by atoms with Crippen molar-refractivity contribution in [1.29, 1.82) is 0 Å². The predicted molar refractivity (Wildman–Crippen MR) is 137 cm³/mol. The second-order valence-corrected chi connectivity index (χ2v) is 10.2. The summed E-state index contributed by atoms with van der Waals surface area (Å²) in [6.45, 7) is 7.28. The number of nitrogens with one attached hydrogen (secondary N) is 1. The van der Waals surface area contributed by atoms with Gasteiger partial charge in [-0.15, -0.1) is 0 Å². The van der Waals surface area contributed by atoms with Gasteiger partial charge in [0.15, 0.2) is 0 Å². The average molecular weight is 490 g/mol. The summed E-state index contributed by atoms with van der Waals surface area (Å²) in [5.74, 6) is 1.06. The summed E-state index contributed by atoms with van der Waals surface area (Å²) in [6.07, 6.45) is 6.50. The Morgan fingerprint density at radius 1 is 1.14 bits per heavy atom. The number of carbonyl (C=O) groups excluding carboxylic acids is 2. The molecule has 0 aromatic heterocycles. The zero-order valence-electron chi connectivity index (χ0n) is 22.0. The van der Waals surface area contributed by atoms with Crippen molar-refractivity contribution in [1.82, 2.24) is 9.80 Å². The minimum atomic E-state index is -0.275. The van der Waals surface area contributed by atoms with Crippen molar-refractivity contribution in [2.24, 2.45) is 11.8 Å². The van der Waals surface area contributed by atoms with Crippen LogP contribution in [0.5, 0.6) is 5.75 Å². The van der Waals surface area contributed by atoms with Crippen LogP contribution in [0, 0.1) is 11.8 Å². The largest absolute Gasteiger partial charge is 0.491 e. The number of hydrogen-bond acceptors (Lipinski definition) is 6. The third-order valence-corrected chi connectivity index (χ3v) is 7.35. The van der Waals surface area contributed by atoms with E-state index in [1.807, 2.05) is 0 Å². The first kappa shape index (κ1) is 27.4. The molecule has 2 aliphatic rings. The molecule has 8 nitrogen and oxygen atoms in total. The third-order valence-electron chi connectivity index (χ3n) is 7.35. The first-order chi connectivity index (χ1) is 16.8. The third kappa shape index (κ3) is 7.66. The van der Waals surface area contributed by atoms with Crippen molar-refractivity contribution in [3.8, 4) is 5.75 Å². The van der Waals surface area contributed by atoms with Crippen LogP contribution < -0.4 is 10.1 Å². The number of hydrogen-bond donors (Lipinski definition) is 1. The lowest BCUT2D eigenvalue weighted by Crippen LogP contribution is -2.48. The molecule has 3 atom stereocenters. The maximum absolute atomic E-state index is 13.4. The molecule has 0 spiro atoms. The fraction of sp³-hybridized carbons (Fsp3) is 0.704. The first-order valence-electron chi connectivity index (χ1n) is 12.9. The molecule has 8 heteroatoms. The van der Waals surface area contributed by atoms with Gasteiger partial charge in [-0.25, -0.2) is 0 Å². The van der Waals surface area contributed by atoms with Gasteiger partial charge >= 0.3 is 0 Å². The summed E-state index contributed by atoms with van der Waals surface area (Å²) < 4.78 is 17.0. The lowest BCUT2D eigenvalue weighted by atomic mass is 9.88. The van der Waals surface area contributed by atoms with Crippen molar-refractivity contribution in [3.05, 3.63) is 23.8 Å². The smallest absolute Gasteiger partial charge is 0.257 e. The molecule has 0 unspecified atom stereocenters. The van der Waals surface area contributed by atoms with Gasteiger partial charge in [-0.2, -0.15) is 0 Å². The highest BCUT2D eigenvalue weighted by atomic mass is 16.5. The molecular formula is C27H43N3O5. The highest BCUT2D eigenvalue weighted by molar-refractivity contribution is 5.99. The molecular weight excluding hydrogens is 446 g/mol. The van der Waals surface area contributed by atoms with Gasteiger partial charge in [0.05, 0.1) is 11.7 Å². The average Bonchev–Trinajstić information content (AvgIpc) is 2.85. The van der Waals surface area contributed by atoms with E-state index in [0.717, 1.165) is 19.0 Å². The van der Waals surface area contributed by atoms with Crippen molar-refractivity contribution >= 4 is 17.5 Å². The van der Waals surface area contributed by atoms with E-state index >= 15 is 0 Å². The van der Waals surface area contributed by atoms with Crippen LogP contribution in [0.1, 0.15) is 56.3 Å². The summed E-state index contributed by atoms with van der Waals surface area (Å²) in [5.41, 5.74) is 0.962. The number of ether oxygens (including phenoxy) is 3. The molecule has 2 amide bonds. The van der Waals surface area contributed by atoms with E-state index in [2.05, 4.69) is 24.1 Å². The number of rotatable bonds is 6. The standard InChI is InChI=1S/C27H43N3O5/c1-19-14-30(15-21-9-7-6-8-10-21)20(2)17-35-24-12-11-22(28-26(31)18-33-4)13-23(24)27(32)29(3)16-25(19)34-5/h11-13,19-21,25H,6-10,14-18H2,1-5H3,(H,28,31)/t19-,20-,25+/m1/s1. The van der Waals surface area contributed by atoms with Gasteiger partial charge in [0.25, 0.3) is 5.91 Å². The topological polar surface area (TPSA) is 80.3 Å². The van der Waals surface area contributed by atoms with Crippen LogP contribution in [0.2, 0.25) is 0 Å². The van der Waals surface area contributed by atoms with Gasteiger partial charge in [-0.1, -0.05) is 26.2 Å². The van der Waals surface area contributed by atoms with E-state index in [1.54, 1.807) is 37.3 Å². The van der Waals surface area contributed by atoms with E-state index in [4.69, 9.17) is 14.2 Å².